The van der Waals surface area contributed by atoms with Crippen LogP contribution in [0.2, 0.25) is 0 Å². The maximum absolute atomic E-state index is 8.34. The van der Waals surface area contributed by atoms with Crippen molar-refractivity contribution in [1.82, 2.24) is 0 Å². The van der Waals surface area contributed by atoms with Gasteiger partial charge in [0.15, 0.2) is 0 Å². The Morgan fingerprint density at radius 1 is 1.13 bits per heavy atom. The standard InChI is InChI=1S/C11H8BrNO2/c12-9-3-1-8(2-4-9)11-6-5-10(15-11)7-13-14/h1-7,14H/b13-7-. The van der Waals surface area contributed by atoms with Crippen LogP contribution in [0.15, 0.2) is 50.4 Å². The Labute approximate surface area is 95.2 Å². The maximum atomic E-state index is 8.34. The van der Waals surface area contributed by atoms with Crippen molar-refractivity contribution >= 4 is 22.1 Å². The first-order valence-corrected chi connectivity index (χ1v) is 5.12. The first-order valence-electron chi connectivity index (χ1n) is 4.33. The molecule has 1 heterocycles. The molecule has 2 rings (SSSR count). The summed E-state index contributed by atoms with van der Waals surface area (Å²) in [5, 5.41) is 11.2. The highest BCUT2D eigenvalue weighted by Gasteiger charge is 2.02. The van der Waals surface area contributed by atoms with Crippen molar-refractivity contribution in [2.24, 2.45) is 5.16 Å². The fraction of sp³-hybridized carbons (Fsp3) is 0. The number of hydrogen-bond acceptors (Lipinski definition) is 3. The highest BCUT2D eigenvalue weighted by atomic mass is 79.9. The van der Waals surface area contributed by atoms with Gasteiger partial charge in [0.1, 0.15) is 17.7 Å². The zero-order valence-electron chi connectivity index (χ0n) is 7.72. The molecule has 0 amide bonds. The van der Waals surface area contributed by atoms with Crippen LogP contribution < -0.4 is 0 Å². The second kappa shape index (κ2) is 4.31. The highest BCUT2D eigenvalue weighted by Crippen LogP contribution is 2.23. The molecule has 0 saturated heterocycles. The zero-order valence-corrected chi connectivity index (χ0v) is 9.31. The molecule has 2 aromatic rings. The van der Waals surface area contributed by atoms with Gasteiger partial charge in [-0.2, -0.15) is 0 Å². The lowest BCUT2D eigenvalue weighted by Crippen LogP contribution is -1.74. The third-order valence-corrected chi connectivity index (χ3v) is 2.47. The molecule has 0 aliphatic heterocycles. The molecule has 0 bridgehead atoms. The van der Waals surface area contributed by atoms with E-state index in [1.165, 1.54) is 6.21 Å². The van der Waals surface area contributed by atoms with Crippen molar-refractivity contribution < 1.29 is 9.62 Å². The van der Waals surface area contributed by atoms with E-state index in [4.69, 9.17) is 9.62 Å². The summed E-state index contributed by atoms with van der Waals surface area (Å²) < 4.78 is 6.45. The van der Waals surface area contributed by atoms with Crippen molar-refractivity contribution in [2.75, 3.05) is 0 Å². The Bertz CT molecular complexity index is 474. The molecule has 76 valence electrons. The Morgan fingerprint density at radius 3 is 2.53 bits per heavy atom. The minimum Gasteiger partial charge on any atom is -0.455 e. The van der Waals surface area contributed by atoms with Crippen LogP contribution in [0.4, 0.5) is 0 Å². The number of hydrogen-bond donors (Lipinski definition) is 1. The number of oxime groups is 1. The van der Waals surface area contributed by atoms with Gasteiger partial charge in [-0.1, -0.05) is 33.2 Å². The van der Waals surface area contributed by atoms with Crippen molar-refractivity contribution in [1.29, 1.82) is 0 Å². The van der Waals surface area contributed by atoms with Crippen LogP contribution in [0.1, 0.15) is 5.76 Å². The minimum absolute atomic E-state index is 0.524. The van der Waals surface area contributed by atoms with Crippen LogP contribution in [0, 0.1) is 0 Å². The molecule has 0 fully saturated rings. The molecule has 0 aliphatic carbocycles. The lowest BCUT2D eigenvalue weighted by molar-refractivity contribution is 0.321. The third kappa shape index (κ3) is 2.27. The molecule has 4 heteroatoms. The quantitative estimate of drug-likeness (QED) is 0.513. The van der Waals surface area contributed by atoms with E-state index in [0.717, 1.165) is 15.8 Å². The lowest BCUT2D eigenvalue weighted by Gasteiger charge is -1.96. The summed E-state index contributed by atoms with van der Waals surface area (Å²) in [6, 6.07) is 11.4. The van der Waals surface area contributed by atoms with Gasteiger partial charge in [0.2, 0.25) is 0 Å². The second-order valence-corrected chi connectivity index (χ2v) is 3.87. The minimum atomic E-state index is 0.524. The van der Waals surface area contributed by atoms with Gasteiger partial charge in [-0.05, 0) is 24.3 Å². The molecule has 0 saturated carbocycles. The number of furan rings is 1. The highest BCUT2D eigenvalue weighted by molar-refractivity contribution is 9.10. The molecular weight excluding hydrogens is 258 g/mol. The molecule has 3 nitrogen and oxygen atoms in total. The first kappa shape index (κ1) is 9.98. The van der Waals surface area contributed by atoms with E-state index in [-0.39, 0.29) is 0 Å². The molecular formula is C11H8BrNO2. The number of benzene rings is 1. The van der Waals surface area contributed by atoms with E-state index >= 15 is 0 Å². The smallest absolute Gasteiger partial charge is 0.149 e. The fourth-order valence-corrected chi connectivity index (χ4v) is 1.51. The fourth-order valence-electron chi connectivity index (χ4n) is 1.25. The second-order valence-electron chi connectivity index (χ2n) is 2.95. The van der Waals surface area contributed by atoms with Gasteiger partial charge in [0.25, 0.3) is 0 Å². The van der Waals surface area contributed by atoms with E-state index < -0.39 is 0 Å². The predicted octanol–water partition coefficient (Wildman–Crippen LogP) is 3.52. The van der Waals surface area contributed by atoms with E-state index in [0.29, 0.717) is 5.76 Å². The molecule has 0 atom stereocenters. The van der Waals surface area contributed by atoms with Crippen LogP contribution in [0.3, 0.4) is 0 Å². The van der Waals surface area contributed by atoms with Gasteiger partial charge in [0.05, 0.1) is 0 Å². The Morgan fingerprint density at radius 2 is 1.87 bits per heavy atom. The Balaban J connectivity index is 2.33. The van der Waals surface area contributed by atoms with E-state index in [2.05, 4.69) is 21.1 Å². The van der Waals surface area contributed by atoms with Crippen LogP contribution in [-0.4, -0.2) is 11.4 Å². The average Bonchev–Trinajstić information content (AvgIpc) is 2.68. The number of halogens is 1. The van der Waals surface area contributed by atoms with E-state index in [9.17, 15) is 0 Å². The summed E-state index contributed by atoms with van der Waals surface area (Å²) in [7, 11) is 0. The molecule has 1 aromatic heterocycles. The molecule has 0 unspecified atom stereocenters. The van der Waals surface area contributed by atoms with Gasteiger partial charge in [0, 0.05) is 10.0 Å². The number of rotatable bonds is 2. The summed E-state index contributed by atoms with van der Waals surface area (Å²) in [6.07, 6.45) is 1.25. The SMILES string of the molecule is O/N=C\c1ccc(-c2ccc(Br)cc2)o1. The number of nitrogens with zero attached hydrogens (tertiary/aromatic N) is 1. The summed E-state index contributed by atoms with van der Waals surface area (Å²) >= 11 is 3.36. The first-order chi connectivity index (χ1) is 7.29. The Kier molecular flexibility index (Phi) is 2.87. The normalized spacial score (nSPS) is 11.0. The predicted molar refractivity (Wildman–Crippen MR) is 61.2 cm³/mol. The van der Waals surface area contributed by atoms with E-state index in [1.54, 1.807) is 6.07 Å². The summed E-state index contributed by atoms with van der Waals surface area (Å²) in [4.78, 5) is 0. The average molecular weight is 266 g/mol. The lowest BCUT2D eigenvalue weighted by atomic mass is 10.2. The molecule has 0 radical (unpaired) electrons. The molecule has 15 heavy (non-hydrogen) atoms. The Hall–Kier alpha value is -1.55. The summed E-state index contributed by atoms with van der Waals surface area (Å²) in [6.45, 7) is 0. The molecule has 0 spiro atoms. The van der Waals surface area contributed by atoms with Crippen molar-refractivity contribution in [3.05, 3.63) is 46.6 Å². The third-order valence-electron chi connectivity index (χ3n) is 1.94. The van der Waals surface area contributed by atoms with Gasteiger partial charge >= 0.3 is 0 Å². The van der Waals surface area contributed by atoms with Crippen LogP contribution >= 0.6 is 15.9 Å². The monoisotopic (exact) mass is 265 g/mol. The van der Waals surface area contributed by atoms with Crippen LogP contribution in [-0.2, 0) is 0 Å². The van der Waals surface area contributed by atoms with Crippen LogP contribution in [0.5, 0.6) is 0 Å². The zero-order chi connectivity index (χ0) is 10.7. The molecule has 1 aromatic carbocycles. The molecule has 0 aliphatic rings. The largest absolute Gasteiger partial charge is 0.455 e. The van der Waals surface area contributed by atoms with Crippen molar-refractivity contribution in [3.8, 4) is 11.3 Å². The van der Waals surface area contributed by atoms with Crippen molar-refractivity contribution in [3.63, 3.8) is 0 Å². The van der Waals surface area contributed by atoms with Gasteiger partial charge in [-0.3, -0.25) is 0 Å². The van der Waals surface area contributed by atoms with Gasteiger partial charge in [-0.15, -0.1) is 0 Å². The maximum Gasteiger partial charge on any atom is 0.149 e. The van der Waals surface area contributed by atoms with Crippen LogP contribution in [0.25, 0.3) is 11.3 Å². The summed E-state index contributed by atoms with van der Waals surface area (Å²) in [5.74, 6) is 1.27. The summed E-state index contributed by atoms with van der Waals surface area (Å²) in [5.41, 5.74) is 0.982. The van der Waals surface area contributed by atoms with Gasteiger partial charge < -0.3 is 9.62 Å². The van der Waals surface area contributed by atoms with Gasteiger partial charge in [-0.25, -0.2) is 0 Å². The topological polar surface area (TPSA) is 45.7 Å². The van der Waals surface area contributed by atoms with Crippen molar-refractivity contribution in [2.45, 2.75) is 0 Å². The van der Waals surface area contributed by atoms with E-state index in [1.807, 2.05) is 30.3 Å². The molecule has 1 N–H and O–H groups in total.